The van der Waals surface area contributed by atoms with Gasteiger partial charge in [-0.05, 0) is 20.3 Å². The van der Waals surface area contributed by atoms with Gasteiger partial charge in [-0.15, -0.1) is 0 Å². The number of aromatic nitrogens is 2. The van der Waals surface area contributed by atoms with E-state index in [-0.39, 0.29) is 6.54 Å². The number of carboxylic acids is 1. The first-order valence-corrected chi connectivity index (χ1v) is 7.15. The first-order chi connectivity index (χ1) is 9.47. The molecule has 1 aromatic rings. The molecule has 20 heavy (non-hydrogen) atoms. The maximum Gasteiger partial charge on any atom is 0.317 e. The topological polar surface area (TPSA) is 61.6 Å². The average molecular weight is 280 g/mol. The van der Waals surface area contributed by atoms with E-state index in [9.17, 15) is 4.79 Å². The first-order valence-electron chi connectivity index (χ1n) is 7.15. The Bertz CT molecular complexity index is 472. The molecule has 112 valence electrons. The maximum absolute atomic E-state index is 10.8. The molecule has 1 aliphatic rings. The smallest absolute Gasteiger partial charge is 0.317 e. The highest BCUT2D eigenvalue weighted by atomic mass is 16.4. The molecule has 1 unspecified atom stereocenters. The fourth-order valence-electron chi connectivity index (χ4n) is 2.95. The van der Waals surface area contributed by atoms with Crippen molar-refractivity contribution in [2.75, 3.05) is 32.7 Å². The standard InChI is InChI=1S/C14H24N4O2/c1-11-13(9-16(3)15-11)12(2)18-6-4-5-17(7-8-18)10-14(19)20/h9,12H,4-8,10H2,1-3H3,(H,19,20). The van der Waals surface area contributed by atoms with Crippen LogP contribution in [0.4, 0.5) is 0 Å². The maximum atomic E-state index is 10.8. The van der Waals surface area contributed by atoms with Crippen molar-refractivity contribution < 1.29 is 9.90 Å². The van der Waals surface area contributed by atoms with Crippen molar-refractivity contribution in [3.8, 4) is 0 Å². The summed E-state index contributed by atoms with van der Waals surface area (Å²) in [5.41, 5.74) is 2.34. The summed E-state index contributed by atoms with van der Waals surface area (Å²) in [6, 6.07) is 0.327. The molecule has 0 radical (unpaired) electrons. The molecule has 0 amide bonds. The highest BCUT2D eigenvalue weighted by molar-refractivity contribution is 5.69. The van der Waals surface area contributed by atoms with Gasteiger partial charge < -0.3 is 5.11 Å². The van der Waals surface area contributed by atoms with Gasteiger partial charge in [0.2, 0.25) is 0 Å². The van der Waals surface area contributed by atoms with Gasteiger partial charge in [0.1, 0.15) is 0 Å². The van der Waals surface area contributed by atoms with Crippen molar-refractivity contribution in [1.29, 1.82) is 0 Å². The predicted molar refractivity (Wildman–Crippen MR) is 76.6 cm³/mol. The van der Waals surface area contributed by atoms with E-state index in [2.05, 4.69) is 23.1 Å². The van der Waals surface area contributed by atoms with Crippen LogP contribution in [0, 0.1) is 6.92 Å². The Hall–Kier alpha value is -1.40. The third kappa shape index (κ3) is 3.58. The molecule has 2 heterocycles. The van der Waals surface area contributed by atoms with E-state index in [1.807, 2.05) is 23.6 Å². The Morgan fingerprint density at radius 2 is 2.15 bits per heavy atom. The molecule has 0 bridgehead atoms. The van der Waals surface area contributed by atoms with Crippen molar-refractivity contribution in [3.05, 3.63) is 17.5 Å². The summed E-state index contributed by atoms with van der Waals surface area (Å²) in [6.45, 7) is 7.98. The minimum Gasteiger partial charge on any atom is -0.480 e. The molecule has 0 aromatic carbocycles. The second-order valence-corrected chi connectivity index (χ2v) is 5.58. The Morgan fingerprint density at radius 3 is 2.75 bits per heavy atom. The molecule has 2 rings (SSSR count). The van der Waals surface area contributed by atoms with Crippen molar-refractivity contribution in [3.63, 3.8) is 0 Å². The molecule has 1 saturated heterocycles. The van der Waals surface area contributed by atoms with Crippen LogP contribution in [0.5, 0.6) is 0 Å². The SMILES string of the molecule is Cc1nn(C)cc1C(C)N1CCCN(CC(=O)O)CC1. The quantitative estimate of drug-likeness (QED) is 0.887. The van der Waals surface area contributed by atoms with Gasteiger partial charge in [-0.3, -0.25) is 19.3 Å². The third-order valence-corrected chi connectivity index (χ3v) is 4.03. The average Bonchev–Trinajstić information content (AvgIpc) is 2.58. The summed E-state index contributed by atoms with van der Waals surface area (Å²) in [5.74, 6) is -0.741. The number of hydrogen-bond donors (Lipinski definition) is 1. The van der Waals surface area contributed by atoms with Crippen LogP contribution < -0.4 is 0 Å². The van der Waals surface area contributed by atoms with Gasteiger partial charge in [-0.1, -0.05) is 0 Å². The van der Waals surface area contributed by atoms with Crippen LogP contribution in [0.15, 0.2) is 6.20 Å². The minimum absolute atomic E-state index is 0.147. The van der Waals surface area contributed by atoms with Crippen LogP contribution >= 0.6 is 0 Å². The lowest BCUT2D eigenvalue weighted by Crippen LogP contribution is -2.35. The number of carboxylic acid groups (broad SMARTS) is 1. The van der Waals surface area contributed by atoms with E-state index in [4.69, 9.17) is 5.11 Å². The number of carbonyl (C=O) groups is 1. The molecule has 0 aliphatic carbocycles. The summed E-state index contributed by atoms with van der Waals surface area (Å²) in [7, 11) is 1.94. The number of rotatable bonds is 4. The summed E-state index contributed by atoms with van der Waals surface area (Å²) in [4.78, 5) is 15.2. The minimum atomic E-state index is -0.741. The highest BCUT2D eigenvalue weighted by Crippen LogP contribution is 2.23. The van der Waals surface area contributed by atoms with E-state index in [1.165, 1.54) is 5.56 Å². The van der Waals surface area contributed by atoms with Gasteiger partial charge in [0.15, 0.2) is 0 Å². The van der Waals surface area contributed by atoms with Crippen LogP contribution in [0.3, 0.4) is 0 Å². The zero-order valence-electron chi connectivity index (χ0n) is 12.5. The van der Waals surface area contributed by atoms with Crippen molar-refractivity contribution >= 4 is 5.97 Å². The molecular weight excluding hydrogens is 256 g/mol. The second-order valence-electron chi connectivity index (χ2n) is 5.58. The number of aryl methyl sites for hydroxylation is 2. The number of hydrogen-bond acceptors (Lipinski definition) is 4. The summed E-state index contributed by atoms with van der Waals surface area (Å²) < 4.78 is 1.86. The second kappa shape index (κ2) is 6.37. The molecule has 6 nitrogen and oxygen atoms in total. The Balaban J connectivity index is 1.99. The Kier molecular flexibility index (Phi) is 4.77. The van der Waals surface area contributed by atoms with Crippen molar-refractivity contribution in [2.24, 2.45) is 7.05 Å². The lowest BCUT2D eigenvalue weighted by Gasteiger charge is -2.27. The molecule has 1 fully saturated rings. The Morgan fingerprint density at radius 1 is 1.40 bits per heavy atom. The van der Waals surface area contributed by atoms with Gasteiger partial charge >= 0.3 is 5.97 Å². The summed E-state index contributed by atoms with van der Waals surface area (Å²) >= 11 is 0. The van der Waals surface area contributed by atoms with Gasteiger partial charge in [0.25, 0.3) is 0 Å². The van der Waals surface area contributed by atoms with Gasteiger partial charge in [-0.25, -0.2) is 0 Å². The molecule has 0 saturated carbocycles. The fraction of sp³-hybridized carbons (Fsp3) is 0.714. The molecule has 0 spiro atoms. The van der Waals surface area contributed by atoms with Gasteiger partial charge in [0, 0.05) is 51.0 Å². The largest absolute Gasteiger partial charge is 0.480 e. The number of aliphatic carboxylic acids is 1. The van der Waals surface area contributed by atoms with Crippen LogP contribution in [0.25, 0.3) is 0 Å². The first kappa shape index (κ1) is 15.0. The lowest BCUT2D eigenvalue weighted by molar-refractivity contribution is -0.138. The van der Waals surface area contributed by atoms with Crippen LogP contribution in [0.2, 0.25) is 0 Å². The molecular formula is C14H24N4O2. The third-order valence-electron chi connectivity index (χ3n) is 4.03. The zero-order chi connectivity index (χ0) is 14.7. The zero-order valence-corrected chi connectivity index (χ0v) is 12.5. The monoisotopic (exact) mass is 280 g/mol. The molecule has 1 atom stereocenters. The fourth-order valence-corrected chi connectivity index (χ4v) is 2.95. The van der Waals surface area contributed by atoms with Crippen LogP contribution in [0.1, 0.15) is 30.6 Å². The van der Waals surface area contributed by atoms with E-state index < -0.39 is 5.97 Å². The predicted octanol–water partition coefficient (Wildman–Crippen LogP) is 0.882. The molecule has 1 N–H and O–H groups in total. The van der Waals surface area contributed by atoms with Crippen molar-refractivity contribution in [1.82, 2.24) is 19.6 Å². The van der Waals surface area contributed by atoms with Crippen LogP contribution in [-0.4, -0.2) is 63.4 Å². The number of nitrogens with zero attached hydrogens (tertiary/aromatic N) is 4. The highest BCUT2D eigenvalue weighted by Gasteiger charge is 2.23. The van der Waals surface area contributed by atoms with E-state index >= 15 is 0 Å². The molecule has 1 aliphatic heterocycles. The van der Waals surface area contributed by atoms with E-state index in [1.54, 1.807) is 0 Å². The van der Waals surface area contributed by atoms with E-state index in [0.717, 1.165) is 38.3 Å². The molecule has 6 heteroatoms. The summed E-state index contributed by atoms with van der Waals surface area (Å²) in [6.07, 6.45) is 3.09. The van der Waals surface area contributed by atoms with Gasteiger partial charge in [-0.2, -0.15) is 5.10 Å². The van der Waals surface area contributed by atoms with E-state index in [0.29, 0.717) is 6.04 Å². The van der Waals surface area contributed by atoms with Gasteiger partial charge in [0.05, 0.1) is 12.2 Å². The van der Waals surface area contributed by atoms with Crippen molar-refractivity contribution in [2.45, 2.75) is 26.3 Å². The molecule has 1 aromatic heterocycles. The normalized spacial score (nSPS) is 19.8. The Labute approximate surface area is 120 Å². The van der Waals surface area contributed by atoms with Crippen LogP contribution in [-0.2, 0) is 11.8 Å². The lowest BCUT2D eigenvalue weighted by atomic mass is 10.1. The summed E-state index contributed by atoms with van der Waals surface area (Å²) in [5, 5.41) is 13.3.